The predicted molar refractivity (Wildman–Crippen MR) is 94.4 cm³/mol. The van der Waals surface area contributed by atoms with Crippen molar-refractivity contribution in [3.63, 3.8) is 0 Å². The van der Waals surface area contributed by atoms with E-state index < -0.39 is 12.2 Å². The number of hydrogen-bond donors (Lipinski definition) is 1. The van der Waals surface area contributed by atoms with Crippen molar-refractivity contribution >= 4 is 5.96 Å². The number of alkyl halides is 3. The van der Waals surface area contributed by atoms with Gasteiger partial charge in [0.05, 0.1) is 12.7 Å². The summed E-state index contributed by atoms with van der Waals surface area (Å²) in [6.07, 6.45) is -1.57. The van der Waals surface area contributed by atoms with Gasteiger partial charge in [-0.05, 0) is 26.3 Å². The second-order valence-electron chi connectivity index (χ2n) is 7.42. The fraction of sp³-hybridized carbons (Fsp3) is 0.941. The lowest BCUT2D eigenvalue weighted by atomic mass is 10.2. The van der Waals surface area contributed by atoms with Crippen LogP contribution >= 0.6 is 0 Å². The first-order chi connectivity index (χ1) is 12.4. The molecule has 0 aromatic heterocycles. The van der Waals surface area contributed by atoms with Crippen LogP contribution in [0, 0.1) is 0 Å². The van der Waals surface area contributed by atoms with Crippen LogP contribution in [0.5, 0.6) is 0 Å². The van der Waals surface area contributed by atoms with Crippen LogP contribution in [0.4, 0.5) is 13.2 Å². The Bertz CT molecular complexity index is 493. The van der Waals surface area contributed by atoms with Crippen molar-refractivity contribution in [3.8, 4) is 0 Å². The van der Waals surface area contributed by atoms with E-state index >= 15 is 0 Å². The summed E-state index contributed by atoms with van der Waals surface area (Å²) in [6.45, 7) is 6.64. The van der Waals surface area contributed by atoms with Crippen molar-refractivity contribution in [2.45, 2.75) is 44.1 Å². The summed E-state index contributed by atoms with van der Waals surface area (Å²) in [5.74, 6) is 0.747. The summed E-state index contributed by atoms with van der Waals surface area (Å²) >= 11 is 0. The SMILES string of the molecule is CN=C(NCC1CN2CCCC2CO1)N1CCN(C(C)C(F)(F)F)CC1. The van der Waals surface area contributed by atoms with E-state index in [1.807, 2.05) is 4.90 Å². The lowest BCUT2D eigenvalue weighted by molar-refractivity contribution is -0.181. The molecule has 0 aromatic carbocycles. The third kappa shape index (κ3) is 4.61. The van der Waals surface area contributed by atoms with Crippen LogP contribution < -0.4 is 5.32 Å². The Morgan fingerprint density at radius 1 is 1.23 bits per heavy atom. The molecular formula is C17H30F3N5O. The molecule has 3 unspecified atom stereocenters. The first-order valence-corrected chi connectivity index (χ1v) is 9.50. The third-order valence-corrected chi connectivity index (χ3v) is 5.80. The lowest BCUT2D eigenvalue weighted by Crippen LogP contribution is -2.58. The number of nitrogens with one attached hydrogen (secondary N) is 1. The summed E-state index contributed by atoms with van der Waals surface area (Å²) in [5, 5.41) is 3.35. The Hall–Kier alpha value is -1.06. The highest BCUT2D eigenvalue weighted by atomic mass is 19.4. The molecule has 3 aliphatic heterocycles. The van der Waals surface area contributed by atoms with Crippen LogP contribution in [0.3, 0.4) is 0 Å². The van der Waals surface area contributed by atoms with Gasteiger partial charge in [-0.15, -0.1) is 0 Å². The third-order valence-electron chi connectivity index (χ3n) is 5.80. The molecular weight excluding hydrogens is 347 g/mol. The quantitative estimate of drug-likeness (QED) is 0.587. The van der Waals surface area contributed by atoms with Crippen molar-refractivity contribution < 1.29 is 17.9 Å². The first kappa shape index (κ1) is 19.7. The fourth-order valence-electron chi connectivity index (χ4n) is 4.07. The van der Waals surface area contributed by atoms with Crippen LogP contribution in [-0.2, 0) is 4.74 Å². The standard InChI is InChI=1S/C17H30F3N5O/c1-13(17(18,19)20)23-6-8-24(9-7-23)16(21-2)22-10-15-11-25-5-3-4-14(25)12-26-15/h13-15H,3-12H2,1-2H3,(H,21,22). The molecule has 1 N–H and O–H groups in total. The Balaban J connectivity index is 1.44. The molecule has 3 aliphatic rings. The molecule has 0 amide bonds. The van der Waals surface area contributed by atoms with Crippen molar-refractivity contribution in [1.82, 2.24) is 20.0 Å². The summed E-state index contributed by atoms with van der Waals surface area (Å²) in [7, 11) is 1.71. The molecule has 26 heavy (non-hydrogen) atoms. The normalized spacial score (nSPS) is 30.3. The van der Waals surface area contributed by atoms with Gasteiger partial charge < -0.3 is 15.0 Å². The molecule has 0 aromatic rings. The van der Waals surface area contributed by atoms with Gasteiger partial charge in [-0.3, -0.25) is 14.8 Å². The molecule has 0 spiro atoms. The van der Waals surface area contributed by atoms with Crippen molar-refractivity contribution in [1.29, 1.82) is 0 Å². The molecule has 0 bridgehead atoms. The zero-order chi connectivity index (χ0) is 18.7. The average Bonchev–Trinajstić information content (AvgIpc) is 3.09. The molecule has 150 valence electrons. The van der Waals surface area contributed by atoms with Gasteiger partial charge >= 0.3 is 6.18 Å². The number of guanidine groups is 1. The number of aliphatic imine (C=N–C) groups is 1. The van der Waals surface area contributed by atoms with Crippen molar-refractivity contribution in [2.75, 3.05) is 59.5 Å². The maximum Gasteiger partial charge on any atom is 0.403 e. The Labute approximate surface area is 153 Å². The monoisotopic (exact) mass is 377 g/mol. The maximum atomic E-state index is 12.9. The molecule has 3 saturated heterocycles. The smallest absolute Gasteiger partial charge is 0.373 e. The number of piperazine rings is 1. The fourth-order valence-corrected chi connectivity index (χ4v) is 4.07. The van der Waals surface area contributed by atoms with E-state index in [9.17, 15) is 13.2 Å². The molecule has 0 aliphatic carbocycles. The number of rotatable bonds is 3. The largest absolute Gasteiger partial charge is 0.403 e. The van der Waals surface area contributed by atoms with E-state index in [0.717, 1.165) is 25.7 Å². The summed E-state index contributed by atoms with van der Waals surface area (Å²) in [4.78, 5) is 10.3. The molecule has 6 nitrogen and oxygen atoms in total. The van der Waals surface area contributed by atoms with Gasteiger partial charge in [0.15, 0.2) is 5.96 Å². The summed E-state index contributed by atoms with van der Waals surface area (Å²) in [6, 6.07) is -0.821. The minimum atomic E-state index is -4.17. The topological polar surface area (TPSA) is 43.3 Å². The van der Waals surface area contributed by atoms with E-state index in [-0.39, 0.29) is 6.10 Å². The van der Waals surface area contributed by atoms with Crippen molar-refractivity contribution in [2.24, 2.45) is 4.99 Å². The Morgan fingerprint density at radius 2 is 1.96 bits per heavy atom. The zero-order valence-corrected chi connectivity index (χ0v) is 15.6. The highest BCUT2D eigenvalue weighted by molar-refractivity contribution is 5.80. The van der Waals surface area contributed by atoms with Crippen LogP contribution in [-0.4, -0.2) is 104 Å². The second kappa shape index (κ2) is 8.31. The van der Waals surface area contributed by atoms with E-state index in [0.29, 0.717) is 38.8 Å². The van der Waals surface area contributed by atoms with Crippen LogP contribution in [0.1, 0.15) is 19.8 Å². The van der Waals surface area contributed by atoms with Gasteiger partial charge in [0.25, 0.3) is 0 Å². The number of fused-ring (bicyclic) bond motifs is 1. The Kier molecular flexibility index (Phi) is 6.29. The number of morpholine rings is 1. The highest BCUT2D eigenvalue weighted by Crippen LogP contribution is 2.25. The molecule has 3 rings (SSSR count). The molecule has 3 fully saturated rings. The van der Waals surface area contributed by atoms with Gasteiger partial charge in [0.2, 0.25) is 0 Å². The summed E-state index contributed by atoms with van der Waals surface area (Å²) in [5.41, 5.74) is 0. The van der Waals surface area contributed by atoms with Gasteiger partial charge in [-0.1, -0.05) is 0 Å². The minimum absolute atomic E-state index is 0.132. The van der Waals surface area contributed by atoms with Gasteiger partial charge in [0.1, 0.15) is 6.04 Å². The predicted octanol–water partition coefficient (Wildman–Crippen LogP) is 0.993. The number of hydrogen-bond acceptors (Lipinski definition) is 4. The highest BCUT2D eigenvalue weighted by Gasteiger charge is 2.41. The minimum Gasteiger partial charge on any atom is -0.373 e. The molecule has 0 radical (unpaired) electrons. The van der Waals surface area contributed by atoms with Crippen LogP contribution in [0.2, 0.25) is 0 Å². The number of nitrogens with zero attached hydrogens (tertiary/aromatic N) is 4. The number of halogens is 3. The lowest BCUT2D eigenvalue weighted by Gasteiger charge is -2.40. The van der Waals surface area contributed by atoms with Gasteiger partial charge in [0, 0.05) is 52.4 Å². The zero-order valence-electron chi connectivity index (χ0n) is 15.6. The number of ether oxygens (including phenoxy) is 1. The molecule has 0 saturated carbocycles. The van der Waals surface area contributed by atoms with Gasteiger partial charge in [-0.2, -0.15) is 13.2 Å². The Morgan fingerprint density at radius 3 is 2.62 bits per heavy atom. The van der Waals surface area contributed by atoms with E-state index in [2.05, 4.69) is 15.2 Å². The van der Waals surface area contributed by atoms with Crippen LogP contribution in [0.25, 0.3) is 0 Å². The summed E-state index contributed by atoms with van der Waals surface area (Å²) < 4.78 is 44.5. The maximum absolute atomic E-state index is 12.9. The van der Waals surface area contributed by atoms with Crippen LogP contribution in [0.15, 0.2) is 4.99 Å². The van der Waals surface area contributed by atoms with Gasteiger partial charge in [-0.25, -0.2) is 0 Å². The molecule has 3 atom stereocenters. The first-order valence-electron chi connectivity index (χ1n) is 9.50. The van der Waals surface area contributed by atoms with E-state index in [1.54, 1.807) is 7.05 Å². The average molecular weight is 377 g/mol. The molecule has 9 heteroatoms. The second-order valence-corrected chi connectivity index (χ2v) is 7.42. The van der Waals surface area contributed by atoms with Crippen molar-refractivity contribution in [3.05, 3.63) is 0 Å². The van der Waals surface area contributed by atoms with E-state index in [1.165, 1.54) is 24.7 Å². The van der Waals surface area contributed by atoms with E-state index in [4.69, 9.17) is 4.74 Å². The molecule has 3 heterocycles.